The Hall–Kier alpha value is -2.22. The minimum atomic E-state index is 0.0762. The molecule has 27 heavy (non-hydrogen) atoms. The van der Waals surface area contributed by atoms with E-state index in [-0.39, 0.29) is 5.91 Å². The summed E-state index contributed by atoms with van der Waals surface area (Å²) in [5.41, 5.74) is 1.28. The molecule has 4 rings (SSSR count). The number of carbonyl (C=O) groups excluding carboxylic acids is 1. The van der Waals surface area contributed by atoms with Crippen LogP contribution in [-0.4, -0.2) is 53.4 Å². The summed E-state index contributed by atoms with van der Waals surface area (Å²) in [6.45, 7) is 4.80. The van der Waals surface area contributed by atoms with Crippen molar-refractivity contribution in [1.29, 1.82) is 0 Å². The maximum Gasteiger partial charge on any atom is 0.263 e. The summed E-state index contributed by atoms with van der Waals surface area (Å²) in [6, 6.07) is 0.329. The number of nitrogens with zero attached hydrogens (tertiary/aromatic N) is 4. The van der Waals surface area contributed by atoms with E-state index in [1.54, 1.807) is 0 Å². The maximum atomic E-state index is 12.3. The van der Waals surface area contributed by atoms with Crippen LogP contribution in [0.4, 0.5) is 5.82 Å². The zero-order valence-electron chi connectivity index (χ0n) is 15.9. The first kappa shape index (κ1) is 18.2. The molecule has 2 aromatic rings. The molecule has 0 radical (unpaired) electrons. The maximum absolute atomic E-state index is 12.3. The van der Waals surface area contributed by atoms with Gasteiger partial charge in [-0.3, -0.25) is 4.79 Å². The lowest BCUT2D eigenvalue weighted by atomic mass is 9.95. The van der Waals surface area contributed by atoms with Gasteiger partial charge in [-0.15, -0.1) is 0 Å². The summed E-state index contributed by atoms with van der Waals surface area (Å²) < 4.78 is 10.8. The van der Waals surface area contributed by atoms with Gasteiger partial charge in [0.05, 0.1) is 18.9 Å². The van der Waals surface area contributed by atoms with E-state index in [4.69, 9.17) is 14.2 Å². The van der Waals surface area contributed by atoms with Gasteiger partial charge in [-0.1, -0.05) is 24.4 Å². The second-order valence-electron chi connectivity index (χ2n) is 7.41. The Morgan fingerprint density at radius 3 is 2.74 bits per heavy atom. The number of anilines is 1. The smallest absolute Gasteiger partial charge is 0.263 e. The minimum Gasteiger partial charge on any atom is -0.378 e. The number of nitrogens with one attached hydrogen (secondary N) is 1. The summed E-state index contributed by atoms with van der Waals surface area (Å²) in [5, 5.41) is 8.06. The molecule has 2 aromatic heterocycles. The van der Waals surface area contributed by atoms with Crippen LogP contribution in [0.15, 0.2) is 4.52 Å². The number of fused-ring (bicyclic) bond motifs is 1. The molecule has 0 unspecified atom stereocenters. The molecular weight excluding hydrogens is 346 g/mol. The molecule has 0 aromatic carbocycles. The number of hydrogen-bond acceptors (Lipinski definition) is 7. The normalized spacial score (nSPS) is 18.8. The lowest BCUT2D eigenvalue weighted by Crippen LogP contribution is -2.37. The summed E-state index contributed by atoms with van der Waals surface area (Å²) in [7, 11) is 0. The largest absolute Gasteiger partial charge is 0.378 e. The molecule has 1 aliphatic heterocycles. The number of aromatic nitrogens is 3. The number of hydrogen-bond donors (Lipinski definition) is 1. The zero-order valence-corrected chi connectivity index (χ0v) is 15.9. The van der Waals surface area contributed by atoms with Crippen molar-refractivity contribution in [1.82, 2.24) is 20.4 Å². The van der Waals surface area contributed by atoms with Gasteiger partial charge in [0.1, 0.15) is 17.0 Å². The van der Waals surface area contributed by atoms with Crippen molar-refractivity contribution in [3.8, 4) is 0 Å². The molecule has 8 heteroatoms. The Balaban J connectivity index is 1.47. The van der Waals surface area contributed by atoms with Crippen molar-refractivity contribution in [2.45, 2.75) is 57.9 Å². The van der Waals surface area contributed by atoms with Gasteiger partial charge in [0, 0.05) is 32.0 Å². The lowest BCUT2D eigenvalue weighted by Gasteiger charge is -2.28. The Morgan fingerprint density at radius 1 is 1.19 bits per heavy atom. The fourth-order valence-corrected chi connectivity index (χ4v) is 3.90. The van der Waals surface area contributed by atoms with Crippen molar-refractivity contribution < 1.29 is 14.1 Å². The Bertz CT molecular complexity index is 794. The summed E-state index contributed by atoms with van der Waals surface area (Å²) >= 11 is 0. The van der Waals surface area contributed by atoms with E-state index in [1.807, 2.05) is 6.92 Å². The minimum absolute atomic E-state index is 0.0762. The molecule has 3 heterocycles. The third-order valence-corrected chi connectivity index (χ3v) is 5.39. The van der Waals surface area contributed by atoms with Gasteiger partial charge in [0.2, 0.25) is 5.91 Å². The number of rotatable bonds is 5. The summed E-state index contributed by atoms with van der Waals surface area (Å²) in [5.74, 6) is 1.54. The number of ether oxygens (including phenoxy) is 1. The molecule has 8 nitrogen and oxygen atoms in total. The highest BCUT2D eigenvalue weighted by atomic mass is 16.5. The number of amides is 1. The van der Waals surface area contributed by atoms with E-state index in [0.29, 0.717) is 43.6 Å². The highest BCUT2D eigenvalue weighted by Crippen LogP contribution is 2.27. The molecule has 0 spiro atoms. The molecule has 1 aliphatic carbocycles. The Kier molecular flexibility index (Phi) is 5.52. The highest BCUT2D eigenvalue weighted by molar-refractivity contribution is 5.88. The van der Waals surface area contributed by atoms with E-state index < -0.39 is 0 Å². The van der Waals surface area contributed by atoms with Crippen LogP contribution in [-0.2, 0) is 16.0 Å². The van der Waals surface area contributed by atoms with Crippen molar-refractivity contribution in [3.05, 3.63) is 11.5 Å². The van der Waals surface area contributed by atoms with Gasteiger partial charge in [-0.2, -0.15) is 4.98 Å². The summed E-state index contributed by atoms with van der Waals surface area (Å²) in [4.78, 5) is 23.7. The molecule has 0 atom stereocenters. The van der Waals surface area contributed by atoms with Crippen molar-refractivity contribution in [3.63, 3.8) is 0 Å². The summed E-state index contributed by atoms with van der Waals surface area (Å²) in [6.07, 6.45) is 6.75. The van der Waals surface area contributed by atoms with Crippen molar-refractivity contribution in [2.75, 3.05) is 31.2 Å². The van der Waals surface area contributed by atoms with Crippen LogP contribution in [0, 0.1) is 6.92 Å². The van der Waals surface area contributed by atoms with E-state index in [1.165, 1.54) is 19.3 Å². The SMILES string of the molecule is Cc1noc2nc(CCC(=O)NC3CCCCC3)nc(N3CCOCC3)c12. The molecule has 1 saturated carbocycles. The Labute approximate surface area is 158 Å². The third kappa shape index (κ3) is 4.21. The zero-order chi connectivity index (χ0) is 18.6. The second kappa shape index (κ2) is 8.21. The standard InChI is InChI=1S/C19H27N5O3/c1-13-17-18(24-9-11-26-12-10-24)21-15(22-19(17)27-23-13)7-8-16(25)20-14-5-3-2-4-6-14/h14H,2-12H2,1H3,(H,20,25). The van der Waals surface area contributed by atoms with Crippen LogP contribution in [0.1, 0.15) is 50.0 Å². The van der Waals surface area contributed by atoms with Crippen LogP contribution in [0.3, 0.4) is 0 Å². The van der Waals surface area contributed by atoms with E-state index in [2.05, 4.69) is 20.4 Å². The monoisotopic (exact) mass is 373 g/mol. The molecular formula is C19H27N5O3. The van der Waals surface area contributed by atoms with Crippen LogP contribution in [0.2, 0.25) is 0 Å². The first-order valence-electron chi connectivity index (χ1n) is 9.95. The highest BCUT2D eigenvalue weighted by Gasteiger charge is 2.22. The first-order chi connectivity index (χ1) is 13.2. The van der Waals surface area contributed by atoms with Crippen molar-refractivity contribution >= 4 is 22.8 Å². The molecule has 1 saturated heterocycles. The Morgan fingerprint density at radius 2 is 1.96 bits per heavy atom. The molecule has 146 valence electrons. The van der Waals surface area contributed by atoms with E-state index in [0.717, 1.165) is 42.8 Å². The van der Waals surface area contributed by atoms with Crippen molar-refractivity contribution in [2.24, 2.45) is 0 Å². The van der Waals surface area contributed by atoms with Gasteiger partial charge in [-0.25, -0.2) is 4.98 Å². The van der Waals surface area contributed by atoms with E-state index >= 15 is 0 Å². The lowest BCUT2D eigenvalue weighted by molar-refractivity contribution is -0.122. The number of carbonyl (C=O) groups is 1. The quantitative estimate of drug-likeness (QED) is 0.858. The number of aryl methyl sites for hydroxylation is 2. The molecule has 2 aliphatic rings. The van der Waals surface area contributed by atoms with Gasteiger partial charge in [0.25, 0.3) is 5.71 Å². The number of morpholine rings is 1. The average Bonchev–Trinajstić information content (AvgIpc) is 3.08. The van der Waals surface area contributed by atoms with Gasteiger partial charge < -0.3 is 19.5 Å². The van der Waals surface area contributed by atoms with Crippen LogP contribution < -0.4 is 10.2 Å². The third-order valence-electron chi connectivity index (χ3n) is 5.39. The fraction of sp³-hybridized carbons (Fsp3) is 0.684. The van der Waals surface area contributed by atoms with Gasteiger partial charge in [-0.05, 0) is 19.8 Å². The molecule has 1 N–H and O–H groups in total. The topological polar surface area (TPSA) is 93.4 Å². The fourth-order valence-electron chi connectivity index (χ4n) is 3.90. The molecule has 1 amide bonds. The second-order valence-corrected chi connectivity index (χ2v) is 7.41. The predicted molar refractivity (Wildman–Crippen MR) is 101 cm³/mol. The van der Waals surface area contributed by atoms with Crippen LogP contribution in [0.25, 0.3) is 11.1 Å². The molecule has 2 fully saturated rings. The van der Waals surface area contributed by atoms with E-state index in [9.17, 15) is 4.79 Å². The average molecular weight is 373 g/mol. The van der Waals surface area contributed by atoms with Gasteiger partial charge >= 0.3 is 0 Å². The molecule has 0 bridgehead atoms. The predicted octanol–water partition coefficient (Wildman–Crippen LogP) is 2.14. The van der Waals surface area contributed by atoms with Crippen LogP contribution in [0.5, 0.6) is 0 Å². The van der Waals surface area contributed by atoms with Gasteiger partial charge in [0.15, 0.2) is 0 Å². The van der Waals surface area contributed by atoms with Crippen LogP contribution >= 0.6 is 0 Å². The first-order valence-corrected chi connectivity index (χ1v) is 9.95.